The fourth-order valence-electron chi connectivity index (χ4n) is 2.10. The minimum Gasteiger partial charge on any atom is -0.492 e. The van der Waals surface area contributed by atoms with Gasteiger partial charge in [0.1, 0.15) is 5.75 Å². The van der Waals surface area contributed by atoms with Gasteiger partial charge >= 0.3 is 0 Å². The van der Waals surface area contributed by atoms with Crippen molar-refractivity contribution in [3.8, 4) is 5.75 Å². The zero-order valence-corrected chi connectivity index (χ0v) is 15.1. The van der Waals surface area contributed by atoms with Crippen LogP contribution in [-0.2, 0) is 0 Å². The molecule has 1 N–H and O–H groups in total. The Morgan fingerprint density at radius 2 is 1.95 bits per heavy atom. The Labute approximate surface area is 144 Å². The molecular formula is C15H16Cl3NOS. The lowest BCUT2D eigenvalue weighted by Crippen LogP contribution is -2.17. The van der Waals surface area contributed by atoms with Crippen LogP contribution in [0.3, 0.4) is 0 Å². The Kier molecular flexibility index (Phi) is 5.81. The summed E-state index contributed by atoms with van der Waals surface area (Å²) in [5.41, 5.74) is 1.95. The monoisotopic (exact) mass is 363 g/mol. The third kappa shape index (κ3) is 3.49. The molecule has 2 aromatic rings. The van der Waals surface area contributed by atoms with Crippen LogP contribution < -0.4 is 10.1 Å². The van der Waals surface area contributed by atoms with Crippen molar-refractivity contribution in [3.05, 3.63) is 48.6 Å². The maximum absolute atomic E-state index is 6.40. The van der Waals surface area contributed by atoms with E-state index >= 15 is 0 Å². The second-order valence-electron chi connectivity index (χ2n) is 4.56. The molecule has 0 aliphatic rings. The van der Waals surface area contributed by atoms with Crippen LogP contribution in [0.2, 0.25) is 15.1 Å². The molecule has 0 spiro atoms. The molecule has 1 aromatic heterocycles. The summed E-state index contributed by atoms with van der Waals surface area (Å²) in [7, 11) is 1.87. The molecule has 0 saturated heterocycles. The second kappa shape index (κ2) is 7.21. The molecule has 1 aromatic carbocycles. The zero-order chi connectivity index (χ0) is 15.6. The van der Waals surface area contributed by atoms with Crippen LogP contribution in [0.15, 0.2) is 17.5 Å². The van der Waals surface area contributed by atoms with Gasteiger partial charge in [-0.3, -0.25) is 0 Å². The number of nitrogens with one attached hydrogen (secondary N) is 1. The molecule has 6 heteroatoms. The molecule has 1 unspecified atom stereocenters. The maximum Gasteiger partial charge on any atom is 0.139 e. The first-order valence-electron chi connectivity index (χ1n) is 6.52. The third-order valence-corrected chi connectivity index (χ3v) is 5.54. The van der Waals surface area contributed by atoms with Crippen LogP contribution in [0, 0.1) is 6.92 Å². The number of aryl methyl sites for hydroxylation is 1. The lowest BCUT2D eigenvalue weighted by molar-refractivity contribution is 0.340. The van der Waals surface area contributed by atoms with Crippen LogP contribution in [0.1, 0.15) is 29.0 Å². The van der Waals surface area contributed by atoms with Crippen molar-refractivity contribution in [1.29, 1.82) is 0 Å². The highest BCUT2D eigenvalue weighted by molar-refractivity contribution is 7.10. The van der Waals surface area contributed by atoms with E-state index in [4.69, 9.17) is 39.5 Å². The number of thiophene rings is 1. The van der Waals surface area contributed by atoms with Crippen molar-refractivity contribution in [2.75, 3.05) is 13.7 Å². The first-order valence-corrected chi connectivity index (χ1v) is 8.53. The summed E-state index contributed by atoms with van der Waals surface area (Å²) in [5.74, 6) is 0.594. The van der Waals surface area contributed by atoms with Crippen molar-refractivity contribution in [1.82, 2.24) is 5.32 Å². The Morgan fingerprint density at radius 3 is 2.48 bits per heavy atom. The highest BCUT2D eigenvalue weighted by atomic mass is 35.5. The number of ether oxygens (including phenoxy) is 1. The summed E-state index contributed by atoms with van der Waals surface area (Å²) >= 11 is 20.7. The van der Waals surface area contributed by atoms with Gasteiger partial charge in [0, 0.05) is 16.0 Å². The maximum atomic E-state index is 6.40. The first-order chi connectivity index (χ1) is 9.99. The van der Waals surface area contributed by atoms with E-state index in [1.165, 1.54) is 0 Å². The van der Waals surface area contributed by atoms with Crippen molar-refractivity contribution in [2.45, 2.75) is 19.9 Å². The molecule has 2 rings (SSSR count). The van der Waals surface area contributed by atoms with Gasteiger partial charge in [0.15, 0.2) is 0 Å². The Hall–Kier alpha value is -0.450. The van der Waals surface area contributed by atoms with E-state index in [2.05, 4.69) is 5.32 Å². The Bertz CT molecular complexity index is 642. The van der Waals surface area contributed by atoms with Gasteiger partial charge in [0.2, 0.25) is 0 Å². The topological polar surface area (TPSA) is 21.3 Å². The minimum atomic E-state index is -0.100. The molecule has 0 fully saturated rings. The molecule has 1 heterocycles. The van der Waals surface area contributed by atoms with Gasteiger partial charge in [0.25, 0.3) is 0 Å². The van der Waals surface area contributed by atoms with E-state index in [0.717, 1.165) is 21.0 Å². The van der Waals surface area contributed by atoms with Gasteiger partial charge in [-0.1, -0.05) is 34.8 Å². The average Bonchev–Trinajstić information content (AvgIpc) is 2.77. The van der Waals surface area contributed by atoms with Gasteiger partial charge in [-0.15, -0.1) is 11.3 Å². The number of halogens is 3. The zero-order valence-electron chi connectivity index (χ0n) is 12.0. The number of rotatable bonds is 5. The fraction of sp³-hybridized carbons (Fsp3) is 0.333. The van der Waals surface area contributed by atoms with E-state index in [0.29, 0.717) is 22.4 Å². The van der Waals surface area contributed by atoms with Gasteiger partial charge in [-0.2, -0.15) is 0 Å². The molecule has 21 heavy (non-hydrogen) atoms. The van der Waals surface area contributed by atoms with E-state index in [-0.39, 0.29) is 6.04 Å². The normalized spacial score (nSPS) is 12.5. The minimum absolute atomic E-state index is 0.100. The van der Waals surface area contributed by atoms with E-state index in [9.17, 15) is 0 Å². The summed E-state index contributed by atoms with van der Waals surface area (Å²) < 4.78 is 5.46. The van der Waals surface area contributed by atoms with Gasteiger partial charge < -0.3 is 10.1 Å². The molecule has 0 saturated carbocycles. The summed E-state index contributed by atoms with van der Waals surface area (Å²) in [4.78, 5) is 1.03. The van der Waals surface area contributed by atoms with Crippen molar-refractivity contribution < 1.29 is 4.74 Å². The quantitative estimate of drug-likeness (QED) is 0.732. The van der Waals surface area contributed by atoms with Crippen molar-refractivity contribution in [2.24, 2.45) is 0 Å². The van der Waals surface area contributed by atoms with Crippen LogP contribution in [0.4, 0.5) is 0 Å². The van der Waals surface area contributed by atoms with Crippen molar-refractivity contribution in [3.63, 3.8) is 0 Å². The molecule has 2 nitrogen and oxygen atoms in total. The van der Waals surface area contributed by atoms with Crippen LogP contribution in [-0.4, -0.2) is 13.7 Å². The molecule has 0 aliphatic heterocycles. The standard InChI is InChI=1S/C15H16Cl3NOS/c1-4-20-12-6-10(16)9(5-11(12)17)14(19-3)15-13(18)8(2)7-21-15/h5-7,14,19H,4H2,1-3H3. The van der Waals surface area contributed by atoms with Gasteiger partial charge in [-0.25, -0.2) is 0 Å². The number of hydrogen-bond donors (Lipinski definition) is 1. The Balaban J connectivity index is 2.48. The van der Waals surface area contributed by atoms with E-state index in [1.807, 2.05) is 32.3 Å². The van der Waals surface area contributed by atoms with Crippen LogP contribution in [0.5, 0.6) is 5.75 Å². The smallest absolute Gasteiger partial charge is 0.139 e. The van der Waals surface area contributed by atoms with Gasteiger partial charge in [-0.05, 0) is 43.5 Å². The summed E-state index contributed by atoms with van der Waals surface area (Å²) in [6.45, 7) is 4.44. The molecular weight excluding hydrogens is 349 g/mol. The predicted molar refractivity (Wildman–Crippen MR) is 92.6 cm³/mol. The number of benzene rings is 1. The molecule has 1 atom stereocenters. The second-order valence-corrected chi connectivity index (χ2v) is 6.66. The Morgan fingerprint density at radius 1 is 1.24 bits per heavy atom. The lowest BCUT2D eigenvalue weighted by atomic mass is 10.0. The average molecular weight is 365 g/mol. The molecule has 0 amide bonds. The largest absolute Gasteiger partial charge is 0.492 e. The summed E-state index contributed by atoms with van der Waals surface area (Å²) in [6.07, 6.45) is 0. The van der Waals surface area contributed by atoms with Crippen molar-refractivity contribution >= 4 is 46.1 Å². The van der Waals surface area contributed by atoms with Crippen LogP contribution in [0.25, 0.3) is 0 Å². The van der Waals surface area contributed by atoms with E-state index < -0.39 is 0 Å². The summed E-state index contributed by atoms with van der Waals surface area (Å²) in [6, 6.07) is 3.49. The highest BCUT2D eigenvalue weighted by Gasteiger charge is 2.22. The predicted octanol–water partition coefficient (Wildman–Crippen LogP) is 5.72. The lowest BCUT2D eigenvalue weighted by Gasteiger charge is -2.19. The van der Waals surface area contributed by atoms with E-state index in [1.54, 1.807) is 17.4 Å². The molecule has 114 valence electrons. The summed E-state index contributed by atoms with van der Waals surface area (Å²) in [5, 5.41) is 7.19. The first kappa shape index (κ1) is 16.9. The molecule has 0 aliphatic carbocycles. The SMILES string of the molecule is CCOc1cc(Cl)c(C(NC)c2scc(C)c2Cl)cc1Cl. The highest BCUT2D eigenvalue weighted by Crippen LogP contribution is 2.40. The third-order valence-electron chi connectivity index (χ3n) is 3.14. The van der Waals surface area contributed by atoms with Crippen LogP contribution >= 0.6 is 46.1 Å². The molecule has 0 radical (unpaired) electrons. The van der Waals surface area contributed by atoms with Gasteiger partial charge in [0.05, 0.1) is 22.7 Å². The number of hydrogen-bond acceptors (Lipinski definition) is 3. The fourth-order valence-corrected chi connectivity index (χ4v) is 4.02. The molecule has 0 bridgehead atoms.